The molecule has 0 spiro atoms. The van der Waals surface area contributed by atoms with E-state index in [9.17, 15) is 22.4 Å². The number of halogens is 1. The maximum absolute atomic E-state index is 14.2. The van der Waals surface area contributed by atoms with Crippen LogP contribution < -0.4 is 19.1 Å². The van der Waals surface area contributed by atoms with Crippen molar-refractivity contribution in [3.05, 3.63) is 84.2 Å². The van der Waals surface area contributed by atoms with Gasteiger partial charge in [0.25, 0.3) is 10.0 Å². The molecule has 9 nitrogen and oxygen atoms in total. The van der Waals surface area contributed by atoms with Gasteiger partial charge in [0.2, 0.25) is 11.8 Å². The molecule has 0 unspecified atom stereocenters. The molecule has 43 heavy (non-hydrogen) atoms. The first-order chi connectivity index (χ1) is 20.7. The largest absolute Gasteiger partial charge is 0.493 e. The number of anilines is 1. The summed E-state index contributed by atoms with van der Waals surface area (Å²) in [6.07, 6.45) is 4.09. The van der Waals surface area contributed by atoms with Crippen molar-refractivity contribution in [2.75, 3.05) is 25.1 Å². The molecule has 11 heteroatoms. The highest BCUT2D eigenvalue weighted by molar-refractivity contribution is 7.92. The monoisotopic (exact) mass is 611 g/mol. The fraction of sp³-hybridized carbons (Fsp3) is 0.375. The van der Waals surface area contributed by atoms with Gasteiger partial charge < -0.3 is 19.7 Å². The van der Waals surface area contributed by atoms with E-state index in [1.807, 2.05) is 0 Å². The minimum atomic E-state index is -4.24. The number of sulfonamides is 1. The van der Waals surface area contributed by atoms with Gasteiger partial charge >= 0.3 is 0 Å². The predicted molar refractivity (Wildman–Crippen MR) is 162 cm³/mol. The SMILES string of the molecule is CC[C@@H](C(=O)NC1CCCC1)N(Cc1ccc(F)cc1)C(=O)CN(c1ccc(OC)c(OC)c1)S(=O)(=O)c1ccccc1. The van der Waals surface area contributed by atoms with Gasteiger partial charge in [0.05, 0.1) is 24.8 Å². The summed E-state index contributed by atoms with van der Waals surface area (Å²) in [6.45, 7) is 1.19. The van der Waals surface area contributed by atoms with E-state index in [-0.39, 0.29) is 34.8 Å². The van der Waals surface area contributed by atoms with Crippen molar-refractivity contribution < 1.29 is 31.9 Å². The van der Waals surface area contributed by atoms with E-state index in [0.29, 0.717) is 17.7 Å². The Labute approximate surface area is 252 Å². The summed E-state index contributed by atoms with van der Waals surface area (Å²) in [5, 5.41) is 3.07. The number of hydrogen-bond donors (Lipinski definition) is 1. The average Bonchev–Trinajstić information content (AvgIpc) is 3.53. The molecule has 0 bridgehead atoms. The van der Waals surface area contributed by atoms with Gasteiger partial charge in [0.15, 0.2) is 11.5 Å². The van der Waals surface area contributed by atoms with Crippen LogP contribution in [0.15, 0.2) is 77.7 Å². The number of hydrogen-bond acceptors (Lipinski definition) is 6. The molecule has 0 radical (unpaired) electrons. The Hall–Kier alpha value is -4.12. The van der Waals surface area contributed by atoms with Crippen molar-refractivity contribution in [3.8, 4) is 11.5 Å². The Bertz CT molecular complexity index is 1500. The second-order valence-electron chi connectivity index (χ2n) is 10.4. The third-order valence-electron chi connectivity index (χ3n) is 7.62. The van der Waals surface area contributed by atoms with E-state index in [0.717, 1.165) is 30.0 Å². The Morgan fingerprint density at radius 3 is 2.21 bits per heavy atom. The standard InChI is InChI=1S/C32H38FN3O6S/c1-4-28(32(38)34-25-10-8-9-11-25)35(21-23-14-16-24(33)17-15-23)31(37)22-36(43(39,40)27-12-6-5-7-13-27)26-18-19-29(41-2)30(20-26)42-3/h5-7,12-20,25,28H,4,8-11,21-22H2,1-3H3,(H,34,38)/t28-/m0/s1. The molecule has 1 saturated carbocycles. The number of methoxy groups -OCH3 is 2. The second-order valence-corrected chi connectivity index (χ2v) is 12.3. The number of carbonyl (C=O) groups excluding carboxylic acids is 2. The van der Waals surface area contributed by atoms with Gasteiger partial charge in [-0.15, -0.1) is 0 Å². The van der Waals surface area contributed by atoms with Gasteiger partial charge in [-0.25, -0.2) is 12.8 Å². The highest BCUT2D eigenvalue weighted by Crippen LogP contribution is 2.34. The molecule has 3 aromatic carbocycles. The van der Waals surface area contributed by atoms with Crippen LogP contribution in [0.25, 0.3) is 0 Å². The fourth-order valence-electron chi connectivity index (χ4n) is 5.30. The number of benzene rings is 3. The maximum atomic E-state index is 14.2. The number of carbonyl (C=O) groups is 2. The van der Waals surface area contributed by atoms with E-state index >= 15 is 0 Å². The van der Waals surface area contributed by atoms with Crippen molar-refractivity contribution in [2.45, 2.75) is 62.6 Å². The Kier molecular flexibility index (Phi) is 10.6. The topological polar surface area (TPSA) is 105 Å². The Morgan fingerprint density at radius 2 is 1.60 bits per heavy atom. The van der Waals surface area contributed by atoms with Gasteiger partial charge in [0, 0.05) is 18.7 Å². The molecule has 3 aromatic rings. The van der Waals surface area contributed by atoms with Gasteiger partial charge in [-0.2, -0.15) is 0 Å². The zero-order valence-electron chi connectivity index (χ0n) is 24.7. The summed E-state index contributed by atoms with van der Waals surface area (Å²) >= 11 is 0. The van der Waals surface area contributed by atoms with Gasteiger partial charge in [-0.1, -0.05) is 50.1 Å². The lowest BCUT2D eigenvalue weighted by atomic mass is 10.1. The second kappa shape index (κ2) is 14.4. The van der Waals surface area contributed by atoms with Crippen molar-refractivity contribution in [1.29, 1.82) is 0 Å². The first-order valence-electron chi connectivity index (χ1n) is 14.3. The molecule has 0 aromatic heterocycles. The Balaban J connectivity index is 1.74. The molecule has 1 aliphatic rings. The zero-order chi connectivity index (χ0) is 31.0. The molecule has 0 aliphatic heterocycles. The van der Waals surface area contributed by atoms with Crippen molar-refractivity contribution in [3.63, 3.8) is 0 Å². The third-order valence-corrected chi connectivity index (χ3v) is 9.41. The highest BCUT2D eigenvalue weighted by atomic mass is 32.2. The molecule has 1 atom stereocenters. The van der Waals surface area contributed by atoms with E-state index in [4.69, 9.17) is 9.47 Å². The van der Waals surface area contributed by atoms with Crippen molar-refractivity contribution >= 4 is 27.5 Å². The molecular formula is C32H38FN3O6S. The fourth-order valence-corrected chi connectivity index (χ4v) is 6.73. The van der Waals surface area contributed by atoms with Crippen LogP contribution in [-0.2, 0) is 26.2 Å². The molecule has 2 amide bonds. The lowest BCUT2D eigenvalue weighted by Crippen LogP contribution is -2.53. The number of nitrogens with zero attached hydrogens (tertiary/aromatic N) is 2. The predicted octanol–water partition coefficient (Wildman–Crippen LogP) is 4.90. The van der Waals surface area contributed by atoms with Crippen LogP contribution in [0.4, 0.5) is 10.1 Å². The number of rotatable bonds is 13. The summed E-state index contributed by atoms with van der Waals surface area (Å²) in [4.78, 5) is 29.1. The van der Waals surface area contributed by atoms with Crippen molar-refractivity contribution in [2.24, 2.45) is 0 Å². The van der Waals surface area contributed by atoms with Crippen LogP contribution in [0.1, 0.15) is 44.6 Å². The highest BCUT2D eigenvalue weighted by Gasteiger charge is 2.35. The normalized spacial score (nSPS) is 14.1. The zero-order valence-corrected chi connectivity index (χ0v) is 25.5. The maximum Gasteiger partial charge on any atom is 0.264 e. The van der Waals surface area contributed by atoms with Gasteiger partial charge in [-0.05, 0) is 61.2 Å². The molecule has 0 heterocycles. The van der Waals surface area contributed by atoms with Crippen LogP contribution in [0, 0.1) is 5.82 Å². The summed E-state index contributed by atoms with van der Waals surface area (Å²) < 4.78 is 53.4. The minimum Gasteiger partial charge on any atom is -0.493 e. The molecule has 230 valence electrons. The van der Waals surface area contributed by atoms with Gasteiger partial charge in [0.1, 0.15) is 18.4 Å². The summed E-state index contributed by atoms with van der Waals surface area (Å²) in [5.41, 5.74) is 0.783. The minimum absolute atomic E-state index is 0.00584. The van der Waals surface area contributed by atoms with E-state index in [1.165, 1.54) is 55.5 Å². The molecule has 4 rings (SSSR count). The smallest absolute Gasteiger partial charge is 0.264 e. The van der Waals surface area contributed by atoms with E-state index in [1.54, 1.807) is 43.3 Å². The first kappa shape index (κ1) is 31.8. The third kappa shape index (κ3) is 7.64. The molecule has 0 saturated heterocycles. The van der Waals surface area contributed by atoms with Crippen LogP contribution in [0.5, 0.6) is 11.5 Å². The first-order valence-corrected chi connectivity index (χ1v) is 15.8. The summed E-state index contributed by atoms with van der Waals surface area (Å²) in [6, 6.07) is 17.2. The van der Waals surface area contributed by atoms with Crippen LogP contribution in [0.2, 0.25) is 0 Å². The van der Waals surface area contributed by atoms with Crippen LogP contribution in [0.3, 0.4) is 0 Å². The number of amides is 2. The lowest BCUT2D eigenvalue weighted by Gasteiger charge is -2.34. The van der Waals surface area contributed by atoms with Crippen LogP contribution >= 0.6 is 0 Å². The molecule has 1 N–H and O–H groups in total. The van der Waals surface area contributed by atoms with Crippen molar-refractivity contribution in [1.82, 2.24) is 10.2 Å². The number of nitrogens with one attached hydrogen (secondary N) is 1. The van der Waals surface area contributed by atoms with E-state index < -0.39 is 34.3 Å². The quantitative estimate of drug-likeness (QED) is 0.295. The lowest BCUT2D eigenvalue weighted by molar-refractivity contribution is -0.140. The molecule has 1 aliphatic carbocycles. The average molecular weight is 612 g/mol. The molecular weight excluding hydrogens is 573 g/mol. The summed E-state index contributed by atoms with van der Waals surface area (Å²) in [5.74, 6) is -0.643. The van der Waals surface area contributed by atoms with Gasteiger partial charge in [-0.3, -0.25) is 13.9 Å². The molecule has 1 fully saturated rings. The van der Waals surface area contributed by atoms with E-state index in [2.05, 4.69) is 5.32 Å². The van der Waals surface area contributed by atoms with Crippen LogP contribution in [-0.4, -0.2) is 58.0 Å². The summed E-state index contributed by atoms with van der Waals surface area (Å²) in [7, 11) is -1.34. The Morgan fingerprint density at radius 1 is 0.953 bits per heavy atom. The number of ether oxygens (including phenoxy) is 2.